The fraction of sp³-hybridized carbons (Fsp3) is 0.583. The molecule has 1 saturated heterocycles. The van der Waals surface area contributed by atoms with Crippen molar-refractivity contribution in [3.8, 4) is 0 Å². The Hall–Kier alpha value is -1.23. The quantitative estimate of drug-likeness (QED) is 0.810. The van der Waals surface area contributed by atoms with E-state index in [4.69, 9.17) is 18.0 Å². The summed E-state index contributed by atoms with van der Waals surface area (Å²) in [7, 11) is 0. The summed E-state index contributed by atoms with van der Waals surface area (Å²) in [5.41, 5.74) is 6.35. The number of nitrogens with two attached hydrogens (primary N) is 1. The largest absolute Gasteiger partial charge is 0.388 e. The monoisotopic (exact) mass is 250 g/mol. The first-order chi connectivity index (χ1) is 8.11. The first-order valence-electron chi connectivity index (χ1n) is 5.98. The van der Waals surface area contributed by atoms with E-state index in [1.807, 2.05) is 0 Å². The normalized spacial score (nSPS) is 24.7. The number of rotatable bonds is 2. The lowest BCUT2D eigenvalue weighted by Crippen LogP contribution is -2.44. The zero-order valence-electron chi connectivity index (χ0n) is 10.3. The molecule has 2 heterocycles. The number of nitrogens with zero attached hydrogens (tertiary/aromatic N) is 3. The number of anilines is 1. The Bertz CT molecular complexity index is 421. The summed E-state index contributed by atoms with van der Waals surface area (Å²) in [6.07, 6.45) is 5.78. The molecule has 1 fully saturated rings. The van der Waals surface area contributed by atoms with E-state index in [-0.39, 0.29) is 0 Å². The third-order valence-corrected chi connectivity index (χ3v) is 3.75. The molecule has 0 aliphatic carbocycles. The highest BCUT2D eigenvalue weighted by Crippen LogP contribution is 2.28. The summed E-state index contributed by atoms with van der Waals surface area (Å²) in [6, 6.07) is 0.452. The summed E-state index contributed by atoms with van der Waals surface area (Å²) in [6.45, 7) is 5.50. The van der Waals surface area contributed by atoms with Crippen molar-refractivity contribution in [1.29, 1.82) is 0 Å². The summed E-state index contributed by atoms with van der Waals surface area (Å²) in [4.78, 5) is 11.2. The standard InChI is InChI=1S/C12H18N4S/c1-8-4-3-7-16(9(8)2)12-10(11(13)17)14-5-6-15-12/h5-6,8-9H,3-4,7H2,1-2H3,(H2,13,17). The van der Waals surface area contributed by atoms with E-state index in [1.165, 1.54) is 12.8 Å². The molecule has 2 N–H and O–H groups in total. The molecule has 92 valence electrons. The fourth-order valence-corrected chi connectivity index (χ4v) is 2.49. The van der Waals surface area contributed by atoms with Crippen LogP contribution in [0.4, 0.5) is 5.82 Å². The molecule has 0 aromatic carbocycles. The molecule has 2 unspecified atom stereocenters. The van der Waals surface area contributed by atoms with Gasteiger partial charge in [-0.05, 0) is 25.7 Å². The number of aromatic nitrogens is 2. The van der Waals surface area contributed by atoms with E-state index in [0.717, 1.165) is 12.4 Å². The molecule has 0 saturated carbocycles. The van der Waals surface area contributed by atoms with Crippen molar-refractivity contribution in [1.82, 2.24) is 9.97 Å². The van der Waals surface area contributed by atoms with Crippen LogP contribution in [-0.4, -0.2) is 27.5 Å². The van der Waals surface area contributed by atoms with Gasteiger partial charge in [0.1, 0.15) is 10.7 Å². The van der Waals surface area contributed by atoms with Crippen LogP contribution in [0, 0.1) is 5.92 Å². The highest BCUT2D eigenvalue weighted by atomic mass is 32.1. The van der Waals surface area contributed by atoms with Crippen LogP contribution in [0.15, 0.2) is 12.4 Å². The van der Waals surface area contributed by atoms with Gasteiger partial charge in [-0.1, -0.05) is 19.1 Å². The van der Waals surface area contributed by atoms with Gasteiger partial charge >= 0.3 is 0 Å². The van der Waals surface area contributed by atoms with Gasteiger partial charge in [-0.15, -0.1) is 0 Å². The smallest absolute Gasteiger partial charge is 0.157 e. The Labute approximate surface area is 107 Å². The zero-order valence-corrected chi connectivity index (χ0v) is 11.1. The Balaban J connectivity index is 2.36. The van der Waals surface area contributed by atoms with Crippen LogP contribution in [0.3, 0.4) is 0 Å². The molecule has 5 heteroatoms. The second-order valence-electron chi connectivity index (χ2n) is 4.65. The number of hydrogen-bond acceptors (Lipinski definition) is 4. The molecule has 2 rings (SSSR count). The summed E-state index contributed by atoms with van der Waals surface area (Å²) in [5, 5.41) is 0. The van der Waals surface area contributed by atoms with Gasteiger partial charge in [0.25, 0.3) is 0 Å². The van der Waals surface area contributed by atoms with E-state index in [1.54, 1.807) is 12.4 Å². The number of piperidine rings is 1. The second kappa shape index (κ2) is 4.96. The lowest BCUT2D eigenvalue weighted by molar-refractivity contribution is 0.361. The molecular weight excluding hydrogens is 232 g/mol. The third-order valence-electron chi connectivity index (χ3n) is 3.56. The molecule has 0 bridgehead atoms. The molecule has 0 radical (unpaired) electrons. The number of thiocarbonyl (C=S) groups is 1. The van der Waals surface area contributed by atoms with Gasteiger partial charge in [-0.3, -0.25) is 0 Å². The Morgan fingerprint density at radius 1 is 1.41 bits per heavy atom. The maximum atomic E-state index is 5.70. The molecule has 1 aliphatic rings. The highest BCUT2D eigenvalue weighted by Gasteiger charge is 2.27. The van der Waals surface area contributed by atoms with Crippen molar-refractivity contribution in [2.75, 3.05) is 11.4 Å². The van der Waals surface area contributed by atoms with E-state index >= 15 is 0 Å². The predicted molar refractivity (Wildman–Crippen MR) is 73.1 cm³/mol. The van der Waals surface area contributed by atoms with Gasteiger partial charge < -0.3 is 10.6 Å². The minimum absolute atomic E-state index is 0.318. The minimum Gasteiger partial charge on any atom is -0.388 e. The summed E-state index contributed by atoms with van der Waals surface area (Å²) in [5.74, 6) is 1.49. The van der Waals surface area contributed by atoms with Crippen molar-refractivity contribution < 1.29 is 0 Å². The second-order valence-corrected chi connectivity index (χ2v) is 5.09. The topological polar surface area (TPSA) is 55.0 Å². The van der Waals surface area contributed by atoms with Crippen LogP contribution in [0.1, 0.15) is 32.4 Å². The van der Waals surface area contributed by atoms with Gasteiger partial charge in [0, 0.05) is 25.0 Å². The van der Waals surface area contributed by atoms with Crippen molar-refractivity contribution >= 4 is 23.0 Å². The van der Waals surface area contributed by atoms with E-state index < -0.39 is 0 Å². The average Bonchev–Trinajstić information content (AvgIpc) is 2.33. The van der Waals surface area contributed by atoms with Gasteiger partial charge in [0.05, 0.1) is 0 Å². The maximum absolute atomic E-state index is 5.70. The molecular formula is C12H18N4S. The first-order valence-corrected chi connectivity index (χ1v) is 6.39. The summed E-state index contributed by atoms with van der Waals surface area (Å²) >= 11 is 5.04. The molecule has 0 spiro atoms. The average molecular weight is 250 g/mol. The van der Waals surface area contributed by atoms with E-state index in [0.29, 0.717) is 22.6 Å². The van der Waals surface area contributed by atoms with Gasteiger partial charge in [-0.25, -0.2) is 9.97 Å². The minimum atomic E-state index is 0.318. The summed E-state index contributed by atoms with van der Waals surface area (Å²) < 4.78 is 0. The van der Waals surface area contributed by atoms with Crippen molar-refractivity contribution in [2.45, 2.75) is 32.7 Å². The fourth-order valence-electron chi connectivity index (χ4n) is 2.35. The van der Waals surface area contributed by atoms with Crippen LogP contribution >= 0.6 is 12.2 Å². The van der Waals surface area contributed by atoms with Gasteiger partial charge in [-0.2, -0.15) is 0 Å². The van der Waals surface area contributed by atoms with E-state index in [9.17, 15) is 0 Å². The van der Waals surface area contributed by atoms with Crippen molar-refractivity contribution in [2.24, 2.45) is 11.7 Å². The van der Waals surface area contributed by atoms with Crippen LogP contribution in [0.5, 0.6) is 0 Å². The molecule has 0 amide bonds. The number of hydrogen-bond donors (Lipinski definition) is 1. The van der Waals surface area contributed by atoms with Crippen LogP contribution in [0.2, 0.25) is 0 Å². The molecule has 1 aromatic rings. The van der Waals surface area contributed by atoms with Crippen LogP contribution in [-0.2, 0) is 0 Å². The molecule has 1 aromatic heterocycles. The molecule has 17 heavy (non-hydrogen) atoms. The highest BCUT2D eigenvalue weighted by molar-refractivity contribution is 7.80. The Kier molecular flexibility index (Phi) is 3.57. The predicted octanol–water partition coefficient (Wildman–Crippen LogP) is 1.74. The van der Waals surface area contributed by atoms with Gasteiger partial charge in [0.2, 0.25) is 0 Å². The zero-order chi connectivity index (χ0) is 12.4. The maximum Gasteiger partial charge on any atom is 0.157 e. The molecule has 1 aliphatic heterocycles. The third kappa shape index (κ3) is 2.39. The Morgan fingerprint density at radius 3 is 2.82 bits per heavy atom. The lowest BCUT2D eigenvalue weighted by Gasteiger charge is -2.39. The molecule has 4 nitrogen and oxygen atoms in total. The Morgan fingerprint density at radius 2 is 2.12 bits per heavy atom. The van der Waals surface area contributed by atoms with Crippen molar-refractivity contribution in [3.05, 3.63) is 18.1 Å². The van der Waals surface area contributed by atoms with E-state index in [2.05, 4.69) is 28.7 Å². The van der Waals surface area contributed by atoms with Crippen LogP contribution in [0.25, 0.3) is 0 Å². The van der Waals surface area contributed by atoms with Gasteiger partial charge in [0.15, 0.2) is 5.82 Å². The molecule has 2 atom stereocenters. The SMILES string of the molecule is CC1CCCN(c2nccnc2C(N)=S)C1C. The van der Waals surface area contributed by atoms with Crippen LogP contribution < -0.4 is 10.6 Å². The first kappa shape index (κ1) is 12.2. The van der Waals surface area contributed by atoms with Crippen molar-refractivity contribution in [3.63, 3.8) is 0 Å². The lowest BCUT2D eigenvalue weighted by atomic mass is 9.92.